The summed E-state index contributed by atoms with van der Waals surface area (Å²) < 4.78 is 33.9. The Hall–Kier alpha value is -4.06. The average Bonchev–Trinajstić information content (AvgIpc) is 3.18. The van der Waals surface area contributed by atoms with Crippen LogP contribution in [0.2, 0.25) is 0 Å². The third kappa shape index (κ3) is 3.18. The minimum atomic E-state index is -1.80. The second-order valence-corrected chi connectivity index (χ2v) is 6.70. The highest BCUT2D eigenvalue weighted by atomic mass is 19.2. The lowest BCUT2D eigenvalue weighted by Crippen LogP contribution is -2.49. The van der Waals surface area contributed by atoms with Gasteiger partial charge in [0.1, 0.15) is 5.75 Å². The molecule has 0 aliphatic carbocycles. The van der Waals surface area contributed by atoms with Crippen LogP contribution >= 0.6 is 0 Å². The van der Waals surface area contributed by atoms with E-state index in [1.54, 1.807) is 24.4 Å². The molecule has 3 amide bonds. The number of aromatic nitrogens is 1. The molecule has 0 spiro atoms. The van der Waals surface area contributed by atoms with Gasteiger partial charge in [-0.2, -0.15) is 0 Å². The summed E-state index contributed by atoms with van der Waals surface area (Å²) in [6.45, 7) is -0.267. The van der Waals surface area contributed by atoms with E-state index < -0.39 is 29.1 Å². The second-order valence-electron chi connectivity index (χ2n) is 6.70. The highest BCUT2D eigenvalue weighted by molar-refractivity contribution is 6.09. The first kappa shape index (κ1) is 19.3. The van der Waals surface area contributed by atoms with Crippen molar-refractivity contribution in [2.45, 2.75) is 12.1 Å². The molecule has 1 fully saturated rings. The number of hydrogen-bond acceptors (Lipinski definition) is 4. The van der Waals surface area contributed by atoms with Crippen molar-refractivity contribution in [1.29, 1.82) is 0 Å². The molecule has 2 aromatic carbocycles. The van der Waals surface area contributed by atoms with Gasteiger partial charge in [-0.05, 0) is 30.3 Å². The zero-order chi connectivity index (χ0) is 21.5. The van der Waals surface area contributed by atoms with Crippen LogP contribution in [0.25, 0.3) is 10.8 Å². The highest BCUT2D eigenvalue weighted by Crippen LogP contribution is 2.32. The van der Waals surface area contributed by atoms with Gasteiger partial charge in [0.05, 0.1) is 19.2 Å². The van der Waals surface area contributed by atoms with E-state index in [9.17, 15) is 23.5 Å². The second kappa shape index (κ2) is 7.08. The summed E-state index contributed by atoms with van der Waals surface area (Å²) in [6, 6.07) is 7.73. The van der Waals surface area contributed by atoms with Gasteiger partial charge < -0.3 is 19.7 Å². The van der Waals surface area contributed by atoms with Crippen LogP contribution in [0, 0.1) is 23.5 Å². The van der Waals surface area contributed by atoms with E-state index in [-0.39, 0.29) is 18.0 Å². The molecule has 0 saturated carbocycles. The lowest BCUT2D eigenvalue weighted by Gasteiger charge is -2.20. The van der Waals surface area contributed by atoms with Gasteiger partial charge in [-0.1, -0.05) is 17.9 Å². The van der Waals surface area contributed by atoms with E-state index in [0.717, 1.165) is 6.07 Å². The molecule has 4 rings (SSSR count). The van der Waals surface area contributed by atoms with E-state index in [1.165, 1.54) is 23.8 Å². The lowest BCUT2D eigenvalue weighted by atomic mass is 9.99. The first-order chi connectivity index (χ1) is 14.3. The summed E-state index contributed by atoms with van der Waals surface area (Å²) in [5.41, 5.74) is -2.07. The SMILES string of the molecule is COc1ccc2cn(C[C@@]3(C#Cc4cccc(F)c4F)NC(=O)NC3=O)c(O)c2c1. The molecular formula is C21H15F2N3O4. The van der Waals surface area contributed by atoms with E-state index in [0.29, 0.717) is 16.5 Å². The Morgan fingerprint density at radius 1 is 1.23 bits per heavy atom. The molecule has 1 aliphatic rings. The molecule has 9 heteroatoms. The van der Waals surface area contributed by atoms with Gasteiger partial charge in [-0.25, -0.2) is 13.6 Å². The monoisotopic (exact) mass is 411 g/mol. The van der Waals surface area contributed by atoms with Gasteiger partial charge in [0, 0.05) is 17.0 Å². The fourth-order valence-corrected chi connectivity index (χ4v) is 3.23. The van der Waals surface area contributed by atoms with Crippen molar-refractivity contribution < 1.29 is 28.2 Å². The van der Waals surface area contributed by atoms with Crippen molar-refractivity contribution in [2.24, 2.45) is 0 Å². The molecule has 2 heterocycles. The maximum atomic E-state index is 14.0. The number of carbonyl (C=O) groups is 2. The van der Waals surface area contributed by atoms with Crippen molar-refractivity contribution >= 4 is 22.7 Å². The maximum absolute atomic E-state index is 14.0. The quantitative estimate of drug-likeness (QED) is 0.455. The van der Waals surface area contributed by atoms with Crippen LogP contribution in [0.15, 0.2) is 42.6 Å². The van der Waals surface area contributed by atoms with E-state index in [4.69, 9.17) is 4.74 Å². The number of imide groups is 1. The number of urea groups is 1. The number of rotatable bonds is 3. The van der Waals surface area contributed by atoms with Crippen LogP contribution in [0.1, 0.15) is 5.56 Å². The van der Waals surface area contributed by atoms with Crippen molar-refractivity contribution in [1.82, 2.24) is 15.2 Å². The number of nitrogens with one attached hydrogen (secondary N) is 2. The van der Waals surface area contributed by atoms with E-state index >= 15 is 0 Å². The van der Waals surface area contributed by atoms with Crippen molar-refractivity contribution in [3.63, 3.8) is 0 Å². The highest BCUT2D eigenvalue weighted by Gasteiger charge is 2.46. The number of ether oxygens (including phenoxy) is 1. The fraction of sp³-hybridized carbons (Fsp3) is 0.143. The predicted octanol–water partition coefficient (Wildman–Crippen LogP) is 2.26. The molecule has 0 radical (unpaired) electrons. The Bertz CT molecular complexity index is 1260. The smallest absolute Gasteiger partial charge is 0.323 e. The van der Waals surface area contributed by atoms with Gasteiger partial charge in [-0.15, -0.1) is 0 Å². The summed E-state index contributed by atoms with van der Waals surface area (Å²) >= 11 is 0. The standard InChI is InChI=1S/C21H15F2N3O4/c1-30-14-6-5-13-10-26(18(27)15(13)9-14)11-21(19(28)24-20(29)25-21)8-7-12-3-2-4-16(22)17(12)23/h2-6,9-10,27H,11H2,1H3,(H2,24,25,28,29)/t21-/m1/s1. The number of fused-ring (bicyclic) bond motifs is 1. The van der Waals surface area contributed by atoms with Crippen LogP contribution in [0.5, 0.6) is 11.6 Å². The lowest BCUT2D eigenvalue weighted by molar-refractivity contribution is -0.122. The number of halogens is 2. The molecule has 0 bridgehead atoms. The number of aromatic hydroxyl groups is 1. The molecule has 30 heavy (non-hydrogen) atoms. The van der Waals surface area contributed by atoms with Gasteiger partial charge >= 0.3 is 6.03 Å². The van der Waals surface area contributed by atoms with Crippen molar-refractivity contribution in [2.75, 3.05) is 7.11 Å². The molecule has 1 aromatic heterocycles. The van der Waals surface area contributed by atoms with Crippen LogP contribution < -0.4 is 15.4 Å². The van der Waals surface area contributed by atoms with E-state index in [1.807, 2.05) is 0 Å². The maximum Gasteiger partial charge on any atom is 0.323 e. The Morgan fingerprint density at radius 3 is 2.73 bits per heavy atom. The Balaban J connectivity index is 1.78. The molecule has 1 aliphatic heterocycles. The molecule has 7 nitrogen and oxygen atoms in total. The summed E-state index contributed by atoms with van der Waals surface area (Å²) in [5.74, 6) is 2.31. The topological polar surface area (TPSA) is 92.6 Å². The number of methoxy groups -OCH3 is 1. The van der Waals surface area contributed by atoms with Gasteiger partial charge in [0.25, 0.3) is 5.91 Å². The summed E-state index contributed by atoms with van der Waals surface area (Å²) in [6.07, 6.45) is 1.58. The van der Waals surface area contributed by atoms with E-state index in [2.05, 4.69) is 22.5 Å². The van der Waals surface area contributed by atoms with Crippen molar-refractivity contribution in [3.8, 4) is 23.5 Å². The zero-order valence-corrected chi connectivity index (χ0v) is 15.6. The minimum Gasteiger partial charge on any atom is -0.497 e. The fourth-order valence-electron chi connectivity index (χ4n) is 3.23. The molecule has 152 valence electrons. The van der Waals surface area contributed by atoms with Crippen LogP contribution in [0.4, 0.5) is 13.6 Å². The number of benzene rings is 2. The molecule has 3 aromatic rings. The first-order valence-corrected chi connectivity index (χ1v) is 8.79. The summed E-state index contributed by atoms with van der Waals surface area (Å²) in [7, 11) is 1.49. The van der Waals surface area contributed by atoms with Crippen molar-refractivity contribution in [3.05, 3.63) is 59.8 Å². The summed E-state index contributed by atoms with van der Waals surface area (Å²) in [4.78, 5) is 24.3. The number of nitrogens with zero attached hydrogens (tertiary/aromatic N) is 1. The third-order valence-corrected chi connectivity index (χ3v) is 4.78. The van der Waals surface area contributed by atoms with Crippen LogP contribution in [0.3, 0.4) is 0 Å². The normalized spacial score (nSPS) is 18.0. The first-order valence-electron chi connectivity index (χ1n) is 8.79. The Labute approximate surface area is 169 Å². The predicted molar refractivity (Wildman–Crippen MR) is 103 cm³/mol. The number of hydrogen-bond donors (Lipinski definition) is 3. The molecule has 1 saturated heterocycles. The summed E-state index contributed by atoms with van der Waals surface area (Å²) in [5, 5.41) is 16.2. The molecule has 3 N–H and O–H groups in total. The molecule has 0 unspecified atom stereocenters. The largest absolute Gasteiger partial charge is 0.497 e. The number of carbonyl (C=O) groups excluding carboxylic acids is 2. The van der Waals surface area contributed by atoms with Gasteiger partial charge in [0.15, 0.2) is 17.5 Å². The van der Waals surface area contributed by atoms with Gasteiger partial charge in [-0.3, -0.25) is 10.1 Å². The molecule has 1 atom stereocenters. The minimum absolute atomic E-state index is 0.170. The Morgan fingerprint density at radius 2 is 2.03 bits per heavy atom. The Kier molecular flexibility index (Phi) is 4.54. The van der Waals surface area contributed by atoms with Crippen LogP contribution in [-0.2, 0) is 11.3 Å². The van der Waals surface area contributed by atoms with Crippen LogP contribution in [-0.4, -0.2) is 34.3 Å². The molecular weight excluding hydrogens is 396 g/mol. The number of amides is 3. The average molecular weight is 411 g/mol. The third-order valence-electron chi connectivity index (χ3n) is 4.78. The van der Waals surface area contributed by atoms with Gasteiger partial charge in [0.2, 0.25) is 5.54 Å². The zero-order valence-electron chi connectivity index (χ0n) is 15.6.